The molecule has 0 atom stereocenters. The van der Waals surface area contributed by atoms with Crippen molar-refractivity contribution in [1.82, 2.24) is 9.97 Å². The molecule has 0 amide bonds. The number of carbonyl (C=O) groups excluding carboxylic acids is 1. The van der Waals surface area contributed by atoms with Gasteiger partial charge in [-0.3, -0.25) is 4.98 Å². The van der Waals surface area contributed by atoms with E-state index in [1.807, 2.05) is 24.3 Å². The van der Waals surface area contributed by atoms with Crippen molar-refractivity contribution in [1.29, 1.82) is 0 Å². The van der Waals surface area contributed by atoms with Crippen molar-refractivity contribution in [3.05, 3.63) is 41.5 Å². The second kappa shape index (κ2) is 5.49. The lowest BCUT2D eigenvalue weighted by Crippen LogP contribution is -2.04. The van der Waals surface area contributed by atoms with Crippen molar-refractivity contribution in [2.45, 2.75) is 6.92 Å². The minimum absolute atomic E-state index is 0.322. The number of thiophene rings is 1. The van der Waals surface area contributed by atoms with E-state index in [2.05, 4.69) is 9.97 Å². The van der Waals surface area contributed by atoms with Crippen molar-refractivity contribution in [3.63, 3.8) is 0 Å². The number of nitrogen functional groups attached to an aromatic ring is 1. The Hall–Kier alpha value is -2.47. The normalized spacial score (nSPS) is 10.7. The summed E-state index contributed by atoms with van der Waals surface area (Å²) >= 11 is 1.25. The average molecular weight is 299 g/mol. The molecular formula is C15H13N3O2S. The maximum atomic E-state index is 11.9. The van der Waals surface area contributed by atoms with Gasteiger partial charge in [0.25, 0.3) is 0 Å². The van der Waals surface area contributed by atoms with Crippen LogP contribution in [-0.4, -0.2) is 22.5 Å². The highest BCUT2D eigenvalue weighted by Crippen LogP contribution is 2.34. The molecule has 3 rings (SSSR count). The molecule has 0 saturated heterocycles. The van der Waals surface area contributed by atoms with Gasteiger partial charge in [-0.2, -0.15) is 0 Å². The highest BCUT2D eigenvalue weighted by molar-refractivity contribution is 7.21. The third-order valence-corrected chi connectivity index (χ3v) is 4.13. The van der Waals surface area contributed by atoms with Crippen LogP contribution in [0, 0.1) is 0 Å². The van der Waals surface area contributed by atoms with Crippen LogP contribution in [0.4, 0.5) is 5.69 Å². The molecule has 0 aliphatic rings. The maximum Gasteiger partial charge on any atom is 0.350 e. The molecule has 0 aliphatic heterocycles. The Morgan fingerprint density at radius 3 is 2.76 bits per heavy atom. The molecule has 0 aliphatic carbocycles. The molecule has 3 aromatic rings. The summed E-state index contributed by atoms with van der Waals surface area (Å²) in [6.45, 7) is 2.09. The van der Waals surface area contributed by atoms with E-state index in [0.717, 1.165) is 21.5 Å². The Balaban J connectivity index is 2.09. The number of aromatic nitrogens is 2. The molecule has 106 valence electrons. The summed E-state index contributed by atoms with van der Waals surface area (Å²) in [5.74, 6) is -0.400. The fraction of sp³-hybridized carbons (Fsp3) is 0.133. The van der Waals surface area contributed by atoms with Crippen molar-refractivity contribution in [2.24, 2.45) is 0 Å². The molecule has 3 aromatic heterocycles. The highest BCUT2D eigenvalue weighted by atomic mass is 32.1. The van der Waals surface area contributed by atoms with Gasteiger partial charge in [0.15, 0.2) is 0 Å². The van der Waals surface area contributed by atoms with Gasteiger partial charge >= 0.3 is 5.97 Å². The smallest absolute Gasteiger partial charge is 0.350 e. The minimum atomic E-state index is -0.400. The molecule has 2 N–H and O–H groups in total. The summed E-state index contributed by atoms with van der Waals surface area (Å²) in [5.41, 5.74) is 8.24. The van der Waals surface area contributed by atoms with Crippen LogP contribution in [0.1, 0.15) is 16.6 Å². The van der Waals surface area contributed by atoms with E-state index in [4.69, 9.17) is 10.5 Å². The first kappa shape index (κ1) is 13.5. The number of carbonyl (C=O) groups is 1. The molecule has 0 saturated carbocycles. The van der Waals surface area contributed by atoms with Crippen molar-refractivity contribution < 1.29 is 9.53 Å². The van der Waals surface area contributed by atoms with Crippen molar-refractivity contribution >= 4 is 33.2 Å². The summed E-state index contributed by atoms with van der Waals surface area (Å²) in [6, 6.07) is 7.54. The first-order chi connectivity index (χ1) is 10.2. The lowest BCUT2D eigenvalue weighted by Gasteiger charge is -2.00. The summed E-state index contributed by atoms with van der Waals surface area (Å²) in [4.78, 5) is 21.6. The van der Waals surface area contributed by atoms with Gasteiger partial charge in [-0.1, -0.05) is 0 Å². The number of anilines is 1. The fourth-order valence-corrected chi connectivity index (χ4v) is 3.02. The Morgan fingerprint density at radius 1 is 1.29 bits per heavy atom. The molecule has 5 nitrogen and oxygen atoms in total. The quantitative estimate of drug-likeness (QED) is 0.752. The van der Waals surface area contributed by atoms with Gasteiger partial charge in [-0.05, 0) is 31.2 Å². The highest BCUT2D eigenvalue weighted by Gasteiger charge is 2.18. The molecule has 6 heteroatoms. The number of pyridine rings is 2. The molecule has 3 heterocycles. The predicted octanol–water partition coefficient (Wildman–Crippen LogP) is 3.12. The van der Waals surface area contributed by atoms with Crippen molar-refractivity contribution in [2.75, 3.05) is 12.3 Å². The summed E-state index contributed by atoms with van der Waals surface area (Å²) in [7, 11) is 0. The molecule has 0 spiro atoms. The standard InChI is InChI=1S/C15H13N3O2S/c1-2-20-15(19)13-12(16)10-3-4-11(18-14(10)21-13)9-5-7-17-8-6-9/h3-8H,2,16H2,1H3. The van der Waals surface area contributed by atoms with Gasteiger partial charge in [0, 0.05) is 23.3 Å². The monoisotopic (exact) mass is 299 g/mol. The maximum absolute atomic E-state index is 11.9. The van der Waals surface area contributed by atoms with E-state index in [1.165, 1.54) is 11.3 Å². The van der Waals surface area contributed by atoms with Crippen LogP contribution < -0.4 is 5.73 Å². The summed E-state index contributed by atoms with van der Waals surface area (Å²) in [6.07, 6.45) is 3.43. The van der Waals surface area contributed by atoms with Gasteiger partial charge in [0.1, 0.15) is 9.71 Å². The largest absolute Gasteiger partial charge is 0.462 e. The number of rotatable bonds is 3. The van der Waals surface area contributed by atoms with Crippen LogP contribution in [-0.2, 0) is 4.74 Å². The molecule has 0 aromatic carbocycles. The Labute approximate surface area is 125 Å². The number of nitrogens with two attached hydrogens (primary N) is 1. The Kier molecular flexibility index (Phi) is 3.53. The first-order valence-electron chi connectivity index (χ1n) is 6.47. The second-order valence-corrected chi connectivity index (χ2v) is 5.35. The summed E-state index contributed by atoms with van der Waals surface area (Å²) in [5, 5.41) is 0.779. The minimum Gasteiger partial charge on any atom is -0.462 e. The number of fused-ring (bicyclic) bond motifs is 1. The first-order valence-corrected chi connectivity index (χ1v) is 7.29. The van der Waals surface area contributed by atoms with Crippen LogP contribution >= 0.6 is 11.3 Å². The topological polar surface area (TPSA) is 78.1 Å². The summed E-state index contributed by atoms with van der Waals surface area (Å²) < 4.78 is 5.01. The SMILES string of the molecule is CCOC(=O)c1sc2nc(-c3ccncc3)ccc2c1N. The van der Waals surface area contributed by atoms with Crippen LogP contribution in [0.2, 0.25) is 0 Å². The number of nitrogens with zero attached hydrogens (tertiary/aromatic N) is 2. The Bertz CT molecular complexity index is 799. The number of hydrogen-bond donors (Lipinski definition) is 1. The van der Waals surface area contributed by atoms with E-state index < -0.39 is 5.97 Å². The molecule has 0 unspecified atom stereocenters. The van der Waals surface area contributed by atoms with Crippen LogP contribution in [0.25, 0.3) is 21.5 Å². The van der Waals surface area contributed by atoms with Crippen LogP contribution in [0.5, 0.6) is 0 Å². The van der Waals surface area contributed by atoms with Crippen LogP contribution in [0.3, 0.4) is 0 Å². The van der Waals surface area contributed by atoms with E-state index in [9.17, 15) is 4.79 Å². The van der Waals surface area contributed by atoms with E-state index in [1.54, 1.807) is 19.3 Å². The van der Waals surface area contributed by atoms with Crippen molar-refractivity contribution in [3.8, 4) is 11.3 Å². The average Bonchev–Trinajstić information content (AvgIpc) is 2.85. The molecule has 21 heavy (non-hydrogen) atoms. The van der Waals surface area contributed by atoms with Gasteiger partial charge in [0.05, 0.1) is 18.0 Å². The van der Waals surface area contributed by atoms with Gasteiger partial charge in [-0.25, -0.2) is 9.78 Å². The Morgan fingerprint density at radius 2 is 2.05 bits per heavy atom. The number of esters is 1. The molecule has 0 radical (unpaired) electrons. The lowest BCUT2D eigenvalue weighted by atomic mass is 10.1. The molecule has 0 bridgehead atoms. The fourth-order valence-electron chi connectivity index (χ4n) is 2.03. The van der Waals surface area contributed by atoms with E-state index >= 15 is 0 Å². The van der Waals surface area contributed by atoms with Gasteiger partial charge in [0.2, 0.25) is 0 Å². The van der Waals surface area contributed by atoms with E-state index in [-0.39, 0.29) is 0 Å². The third kappa shape index (κ3) is 2.45. The number of ether oxygens (including phenoxy) is 1. The zero-order valence-electron chi connectivity index (χ0n) is 11.4. The lowest BCUT2D eigenvalue weighted by molar-refractivity contribution is 0.0533. The second-order valence-electron chi connectivity index (χ2n) is 4.35. The third-order valence-electron chi connectivity index (χ3n) is 3.03. The zero-order valence-corrected chi connectivity index (χ0v) is 12.2. The van der Waals surface area contributed by atoms with E-state index in [0.29, 0.717) is 17.2 Å². The van der Waals surface area contributed by atoms with Gasteiger partial charge < -0.3 is 10.5 Å². The number of hydrogen-bond acceptors (Lipinski definition) is 6. The van der Waals surface area contributed by atoms with Gasteiger partial charge in [-0.15, -0.1) is 11.3 Å². The molecule has 0 fully saturated rings. The molecular weight excluding hydrogens is 286 g/mol. The predicted molar refractivity (Wildman–Crippen MR) is 83.2 cm³/mol. The van der Waals surface area contributed by atoms with Crippen LogP contribution in [0.15, 0.2) is 36.7 Å². The zero-order chi connectivity index (χ0) is 14.8.